The zero-order valence-electron chi connectivity index (χ0n) is 6.46. The summed E-state index contributed by atoms with van der Waals surface area (Å²) in [7, 11) is 0. The molecule has 0 unspecified atom stereocenters. The molecule has 0 saturated heterocycles. The minimum absolute atomic E-state index is 0.170. The normalized spacial score (nSPS) is 16.1. The fraction of sp³-hybridized carbons (Fsp3) is 0.222. The Bertz CT molecular complexity index is 324. The number of benzene rings is 1. The molecule has 0 N–H and O–H groups in total. The number of hydrogen-bond acceptors (Lipinski definition) is 2. The first-order valence-corrected chi connectivity index (χ1v) is 4.14. The van der Waals surface area contributed by atoms with Crippen molar-refractivity contribution >= 4 is 23.2 Å². The molecule has 1 aromatic carbocycles. The van der Waals surface area contributed by atoms with Crippen LogP contribution in [0.5, 0.6) is 0 Å². The van der Waals surface area contributed by atoms with Crippen LogP contribution >= 0.6 is 11.8 Å². The lowest BCUT2D eigenvalue weighted by Crippen LogP contribution is -2.28. The van der Waals surface area contributed by atoms with Gasteiger partial charge in [-0.15, -0.1) is 0 Å². The highest BCUT2D eigenvalue weighted by Crippen LogP contribution is 2.26. The second-order valence-corrected chi connectivity index (χ2v) is 3.27. The fourth-order valence-electron chi connectivity index (χ4n) is 1.41. The van der Waals surface area contributed by atoms with Crippen LogP contribution in [0.15, 0.2) is 24.3 Å². The Balaban J connectivity index is 2.47. The smallest absolute Gasteiger partial charge is 0.158 e. The van der Waals surface area contributed by atoms with E-state index in [1.165, 1.54) is 4.42 Å². The third-order valence-corrected chi connectivity index (χ3v) is 2.26. The molecule has 0 amide bonds. The summed E-state index contributed by atoms with van der Waals surface area (Å²) in [6.07, 6.45) is 0.513. The van der Waals surface area contributed by atoms with E-state index in [1.807, 2.05) is 24.3 Å². The molecular weight excluding hydrogens is 174 g/mol. The van der Waals surface area contributed by atoms with Gasteiger partial charge in [-0.2, -0.15) is 0 Å². The predicted molar refractivity (Wildman–Crippen MR) is 48.4 cm³/mol. The van der Waals surface area contributed by atoms with Crippen LogP contribution in [0.4, 0.5) is 5.69 Å². The highest BCUT2D eigenvalue weighted by atomic mass is 35.5. The predicted octanol–water partition coefficient (Wildman–Crippen LogP) is 1.77. The van der Waals surface area contributed by atoms with Gasteiger partial charge in [-0.25, -0.2) is 0 Å². The first-order chi connectivity index (χ1) is 5.77. The first kappa shape index (κ1) is 7.62. The van der Waals surface area contributed by atoms with Gasteiger partial charge in [0.25, 0.3) is 0 Å². The van der Waals surface area contributed by atoms with Crippen molar-refractivity contribution in [2.45, 2.75) is 6.42 Å². The van der Waals surface area contributed by atoms with Crippen molar-refractivity contribution in [3.8, 4) is 0 Å². The van der Waals surface area contributed by atoms with Crippen LogP contribution in [-0.2, 0) is 11.2 Å². The van der Waals surface area contributed by atoms with E-state index in [2.05, 4.69) is 0 Å². The van der Waals surface area contributed by atoms with Crippen molar-refractivity contribution in [2.75, 3.05) is 11.0 Å². The van der Waals surface area contributed by atoms with Crippen molar-refractivity contribution in [3.63, 3.8) is 0 Å². The molecule has 1 heterocycles. The molecular formula is C9H8ClNO. The number of ketones is 1. The van der Waals surface area contributed by atoms with Crippen LogP contribution in [0.3, 0.4) is 0 Å². The summed E-state index contributed by atoms with van der Waals surface area (Å²) in [5.41, 5.74) is 1.97. The number of fused-ring (bicyclic) bond motifs is 1. The van der Waals surface area contributed by atoms with Gasteiger partial charge in [-0.1, -0.05) is 18.2 Å². The van der Waals surface area contributed by atoms with Gasteiger partial charge >= 0.3 is 0 Å². The van der Waals surface area contributed by atoms with Crippen LogP contribution in [0.1, 0.15) is 5.56 Å². The Morgan fingerprint density at radius 2 is 2.08 bits per heavy atom. The van der Waals surface area contributed by atoms with E-state index in [-0.39, 0.29) is 5.78 Å². The quantitative estimate of drug-likeness (QED) is 0.569. The zero-order chi connectivity index (χ0) is 8.55. The lowest BCUT2D eigenvalue weighted by molar-refractivity contribution is -0.117. The molecule has 1 aliphatic heterocycles. The van der Waals surface area contributed by atoms with Crippen LogP contribution in [-0.4, -0.2) is 12.3 Å². The highest BCUT2D eigenvalue weighted by molar-refractivity contribution is 6.28. The Morgan fingerprint density at radius 1 is 1.33 bits per heavy atom. The summed E-state index contributed by atoms with van der Waals surface area (Å²) in [6, 6.07) is 7.70. The third kappa shape index (κ3) is 1.18. The highest BCUT2D eigenvalue weighted by Gasteiger charge is 2.19. The minimum Gasteiger partial charge on any atom is -0.297 e. The average Bonchev–Trinajstić information content (AvgIpc) is 2.04. The zero-order valence-corrected chi connectivity index (χ0v) is 7.21. The van der Waals surface area contributed by atoms with Gasteiger partial charge in [0.2, 0.25) is 0 Å². The summed E-state index contributed by atoms with van der Waals surface area (Å²) in [6.45, 7) is 0.318. The summed E-state index contributed by atoms with van der Waals surface area (Å²) in [5, 5.41) is 0. The summed E-state index contributed by atoms with van der Waals surface area (Å²) in [5.74, 6) is 0.170. The standard InChI is InChI=1S/C9H8ClNO/c10-11-6-8(12)5-7-3-1-2-4-9(7)11/h1-4H,5-6H2. The number of rotatable bonds is 0. The van der Waals surface area contributed by atoms with Crippen molar-refractivity contribution in [1.29, 1.82) is 0 Å². The number of Topliss-reactive ketones (excluding diaryl/α,β-unsaturated/α-hetero) is 1. The molecule has 0 saturated carbocycles. The number of hydrogen-bond donors (Lipinski definition) is 0. The molecule has 0 aromatic heterocycles. The number of anilines is 1. The summed E-state index contributed by atoms with van der Waals surface area (Å²) >= 11 is 5.85. The molecule has 2 rings (SSSR count). The van der Waals surface area contributed by atoms with Gasteiger partial charge in [-0.05, 0) is 11.6 Å². The summed E-state index contributed by atoms with van der Waals surface area (Å²) < 4.78 is 1.47. The van der Waals surface area contributed by atoms with Gasteiger partial charge in [0.1, 0.15) is 0 Å². The third-order valence-electron chi connectivity index (χ3n) is 1.96. The maximum atomic E-state index is 11.1. The molecule has 62 valence electrons. The second kappa shape index (κ2) is 2.79. The van der Waals surface area contributed by atoms with Crippen LogP contribution in [0.25, 0.3) is 0 Å². The molecule has 0 aliphatic carbocycles. The van der Waals surface area contributed by atoms with Crippen molar-refractivity contribution in [2.24, 2.45) is 0 Å². The first-order valence-electron chi connectivity index (χ1n) is 3.80. The van der Waals surface area contributed by atoms with E-state index in [0.717, 1.165) is 11.3 Å². The second-order valence-electron chi connectivity index (χ2n) is 2.86. The largest absolute Gasteiger partial charge is 0.297 e. The van der Waals surface area contributed by atoms with Crippen molar-refractivity contribution in [1.82, 2.24) is 0 Å². The number of carbonyl (C=O) groups is 1. The van der Waals surface area contributed by atoms with Gasteiger partial charge < -0.3 is 0 Å². The van der Waals surface area contributed by atoms with E-state index in [4.69, 9.17) is 11.8 Å². The SMILES string of the molecule is O=C1Cc2ccccc2N(Cl)C1. The fourth-order valence-corrected chi connectivity index (χ4v) is 1.70. The van der Waals surface area contributed by atoms with E-state index in [0.29, 0.717) is 13.0 Å². The van der Waals surface area contributed by atoms with E-state index < -0.39 is 0 Å². The molecule has 0 radical (unpaired) electrons. The maximum Gasteiger partial charge on any atom is 0.158 e. The molecule has 1 aliphatic rings. The lowest BCUT2D eigenvalue weighted by atomic mass is 10.0. The number of nitrogens with zero attached hydrogens (tertiary/aromatic N) is 1. The molecule has 0 atom stereocenters. The molecule has 3 heteroatoms. The molecule has 2 nitrogen and oxygen atoms in total. The molecule has 0 spiro atoms. The molecule has 0 bridgehead atoms. The van der Waals surface area contributed by atoms with Gasteiger partial charge in [0.05, 0.1) is 12.2 Å². The molecule has 1 aromatic rings. The van der Waals surface area contributed by atoms with E-state index in [9.17, 15) is 4.79 Å². The van der Waals surface area contributed by atoms with Crippen molar-refractivity contribution in [3.05, 3.63) is 29.8 Å². The van der Waals surface area contributed by atoms with Gasteiger partial charge in [-0.3, -0.25) is 9.21 Å². The molecule has 0 fully saturated rings. The monoisotopic (exact) mass is 181 g/mol. The Hall–Kier alpha value is -1.02. The Morgan fingerprint density at radius 3 is 2.92 bits per heavy atom. The van der Waals surface area contributed by atoms with Crippen molar-refractivity contribution < 1.29 is 4.79 Å². The van der Waals surface area contributed by atoms with Crippen LogP contribution in [0.2, 0.25) is 0 Å². The number of carbonyl (C=O) groups excluding carboxylic acids is 1. The minimum atomic E-state index is 0.170. The number of para-hydroxylation sites is 1. The van der Waals surface area contributed by atoms with E-state index >= 15 is 0 Å². The van der Waals surface area contributed by atoms with Gasteiger partial charge in [0.15, 0.2) is 5.78 Å². The van der Waals surface area contributed by atoms with Crippen LogP contribution in [0, 0.1) is 0 Å². The summed E-state index contributed by atoms with van der Waals surface area (Å²) in [4.78, 5) is 11.1. The Kier molecular flexibility index (Phi) is 1.77. The lowest BCUT2D eigenvalue weighted by Gasteiger charge is -2.23. The van der Waals surface area contributed by atoms with Gasteiger partial charge in [0, 0.05) is 18.2 Å². The average molecular weight is 182 g/mol. The maximum absolute atomic E-state index is 11.1. The van der Waals surface area contributed by atoms with E-state index in [1.54, 1.807) is 0 Å². The van der Waals surface area contributed by atoms with Crippen LogP contribution < -0.4 is 4.42 Å². The number of halogens is 1. The Labute approximate surface area is 75.9 Å². The molecule has 12 heavy (non-hydrogen) atoms. The topological polar surface area (TPSA) is 20.3 Å².